The van der Waals surface area contributed by atoms with Crippen LogP contribution >= 0.6 is 0 Å². The Morgan fingerprint density at radius 1 is 1.25 bits per heavy atom. The van der Waals surface area contributed by atoms with Crippen LogP contribution in [-0.2, 0) is 9.84 Å². The van der Waals surface area contributed by atoms with E-state index < -0.39 is 9.84 Å². The average Bonchev–Trinajstić information content (AvgIpc) is 2.35. The van der Waals surface area contributed by atoms with Crippen molar-refractivity contribution >= 4 is 9.84 Å². The fourth-order valence-corrected chi connectivity index (χ4v) is 3.74. The highest BCUT2D eigenvalue weighted by Crippen LogP contribution is 2.18. The highest BCUT2D eigenvalue weighted by atomic mass is 32.2. The van der Waals surface area contributed by atoms with E-state index >= 15 is 0 Å². The highest BCUT2D eigenvalue weighted by Gasteiger charge is 2.30. The van der Waals surface area contributed by atoms with Crippen LogP contribution in [0.2, 0.25) is 0 Å². The number of rotatable bonds is 7. The molecule has 1 fully saturated rings. The van der Waals surface area contributed by atoms with Gasteiger partial charge in [0.15, 0.2) is 9.84 Å². The molecule has 1 aliphatic rings. The van der Waals surface area contributed by atoms with E-state index in [0.717, 1.165) is 19.5 Å². The third-order valence-electron chi connectivity index (χ3n) is 4.19. The van der Waals surface area contributed by atoms with Gasteiger partial charge in [0.1, 0.15) is 0 Å². The first-order valence-corrected chi connectivity index (χ1v) is 9.75. The van der Waals surface area contributed by atoms with E-state index in [1.165, 1.54) is 0 Å². The van der Waals surface area contributed by atoms with Gasteiger partial charge < -0.3 is 5.32 Å². The van der Waals surface area contributed by atoms with Gasteiger partial charge in [-0.3, -0.25) is 4.90 Å². The van der Waals surface area contributed by atoms with Crippen molar-refractivity contribution in [2.24, 2.45) is 11.8 Å². The lowest BCUT2D eigenvalue weighted by Crippen LogP contribution is -2.59. The number of hydrogen-bond acceptors (Lipinski definition) is 4. The number of piperazine rings is 1. The first-order chi connectivity index (χ1) is 9.25. The Kier molecular flexibility index (Phi) is 6.95. The predicted octanol–water partition coefficient (Wildman–Crippen LogP) is 1.77. The normalized spacial score (nSPS) is 25.6. The van der Waals surface area contributed by atoms with E-state index in [-0.39, 0.29) is 5.75 Å². The standard InChI is InChI=1S/C15H32N2O2S/c1-6-20(18,19)8-7-17-11-14(9-12(2)3)16-10-15(17)13(4)5/h12-16H,6-11H2,1-5H3. The van der Waals surface area contributed by atoms with Gasteiger partial charge in [-0.25, -0.2) is 8.42 Å². The minimum atomic E-state index is -2.87. The van der Waals surface area contributed by atoms with Crippen LogP contribution in [0.4, 0.5) is 0 Å². The number of sulfone groups is 1. The lowest BCUT2D eigenvalue weighted by Gasteiger charge is -2.43. The molecule has 20 heavy (non-hydrogen) atoms. The molecule has 1 heterocycles. The van der Waals surface area contributed by atoms with Crippen molar-refractivity contribution in [3.63, 3.8) is 0 Å². The van der Waals surface area contributed by atoms with Crippen molar-refractivity contribution < 1.29 is 8.42 Å². The summed E-state index contributed by atoms with van der Waals surface area (Å²) in [6, 6.07) is 0.944. The molecule has 1 N–H and O–H groups in total. The summed E-state index contributed by atoms with van der Waals surface area (Å²) in [5.41, 5.74) is 0. The molecule has 0 bridgehead atoms. The topological polar surface area (TPSA) is 49.4 Å². The van der Waals surface area contributed by atoms with Crippen LogP contribution in [0.15, 0.2) is 0 Å². The molecule has 0 aromatic carbocycles. The molecule has 0 aromatic rings. The Balaban J connectivity index is 2.64. The molecule has 0 aromatic heterocycles. The monoisotopic (exact) mass is 304 g/mol. The van der Waals surface area contributed by atoms with Crippen LogP contribution in [-0.4, -0.2) is 56.5 Å². The fourth-order valence-electron chi connectivity index (χ4n) is 2.94. The Morgan fingerprint density at radius 2 is 1.90 bits per heavy atom. The third kappa shape index (κ3) is 5.70. The number of nitrogens with zero attached hydrogens (tertiary/aromatic N) is 1. The zero-order valence-electron chi connectivity index (χ0n) is 13.7. The maximum absolute atomic E-state index is 11.7. The zero-order valence-corrected chi connectivity index (χ0v) is 14.5. The number of hydrogen-bond donors (Lipinski definition) is 1. The zero-order chi connectivity index (χ0) is 15.3. The lowest BCUT2D eigenvalue weighted by molar-refractivity contribution is 0.0986. The van der Waals surface area contributed by atoms with E-state index in [9.17, 15) is 8.42 Å². The molecule has 0 amide bonds. The molecule has 0 saturated carbocycles. The molecular weight excluding hydrogens is 272 g/mol. The summed E-state index contributed by atoms with van der Waals surface area (Å²) >= 11 is 0. The largest absolute Gasteiger partial charge is 0.311 e. The third-order valence-corrected chi connectivity index (χ3v) is 5.88. The second-order valence-electron chi connectivity index (χ2n) is 6.78. The Labute approximate surface area is 125 Å². The Hall–Kier alpha value is -0.130. The van der Waals surface area contributed by atoms with Gasteiger partial charge >= 0.3 is 0 Å². The molecular formula is C15H32N2O2S. The quantitative estimate of drug-likeness (QED) is 0.779. The van der Waals surface area contributed by atoms with Gasteiger partial charge in [-0.15, -0.1) is 0 Å². The average molecular weight is 304 g/mol. The van der Waals surface area contributed by atoms with Crippen molar-refractivity contribution in [1.82, 2.24) is 10.2 Å². The van der Waals surface area contributed by atoms with Gasteiger partial charge in [-0.05, 0) is 18.3 Å². The summed E-state index contributed by atoms with van der Waals surface area (Å²) in [5, 5.41) is 3.63. The molecule has 5 heteroatoms. The van der Waals surface area contributed by atoms with E-state index in [2.05, 4.69) is 37.9 Å². The van der Waals surface area contributed by atoms with Crippen LogP contribution in [0.3, 0.4) is 0 Å². The summed E-state index contributed by atoms with van der Waals surface area (Å²) < 4.78 is 23.5. The summed E-state index contributed by atoms with van der Waals surface area (Å²) in [5.74, 6) is 1.76. The predicted molar refractivity (Wildman–Crippen MR) is 85.8 cm³/mol. The molecule has 1 saturated heterocycles. The van der Waals surface area contributed by atoms with Gasteiger partial charge in [0.2, 0.25) is 0 Å². The summed E-state index contributed by atoms with van der Waals surface area (Å²) in [6.07, 6.45) is 1.15. The Bertz CT molecular complexity index is 379. The molecule has 120 valence electrons. The molecule has 1 rings (SSSR count). The van der Waals surface area contributed by atoms with Crippen LogP contribution < -0.4 is 5.32 Å². The highest BCUT2D eigenvalue weighted by molar-refractivity contribution is 7.91. The van der Waals surface area contributed by atoms with Crippen molar-refractivity contribution in [3.05, 3.63) is 0 Å². The molecule has 0 aliphatic carbocycles. The molecule has 1 aliphatic heterocycles. The minimum absolute atomic E-state index is 0.251. The second-order valence-corrected chi connectivity index (χ2v) is 9.25. The van der Waals surface area contributed by atoms with Gasteiger partial charge in [-0.2, -0.15) is 0 Å². The maximum atomic E-state index is 11.7. The molecule has 2 atom stereocenters. The summed E-state index contributed by atoms with van der Waals surface area (Å²) in [7, 11) is -2.87. The van der Waals surface area contributed by atoms with Gasteiger partial charge in [0.05, 0.1) is 5.75 Å². The summed E-state index contributed by atoms with van der Waals surface area (Å²) in [4.78, 5) is 2.39. The Morgan fingerprint density at radius 3 is 2.40 bits per heavy atom. The first-order valence-electron chi connectivity index (χ1n) is 7.93. The van der Waals surface area contributed by atoms with E-state index in [0.29, 0.717) is 36.2 Å². The summed E-state index contributed by atoms with van der Waals surface area (Å²) in [6.45, 7) is 13.3. The van der Waals surface area contributed by atoms with Crippen LogP contribution in [0, 0.1) is 11.8 Å². The minimum Gasteiger partial charge on any atom is -0.311 e. The van der Waals surface area contributed by atoms with Crippen molar-refractivity contribution in [2.45, 2.75) is 53.1 Å². The van der Waals surface area contributed by atoms with Crippen LogP contribution in [0.25, 0.3) is 0 Å². The van der Waals surface area contributed by atoms with Crippen LogP contribution in [0.5, 0.6) is 0 Å². The van der Waals surface area contributed by atoms with Gasteiger partial charge in [0, 0.05) is 37.5 Å². The number of nitrogens with one attached hydrogen (secondary N) is 1. The molecule has 2 unspecified atom stereocenters. The van der Waals surface area contributed by atoms with E-state index in [1.807, 2.05) is 0 Å². The maximum Gasteiger partial charge on any atom is 0.151 e. The first kappa shape index (κ1) is 17.9. The van der Waals surface area contributed by atoms with Crippen molar-refractivity contribution in [2.75, 3.05) is 31.1 Å². The SMILES string of the molecule is CCS(=O)(=O)CCN1CC(CC(C)C)NCC1C(C)C. The second kappa shape index (κ2) is 7.76. The van der Waals surface area contributed by atoms with E-state index in [1.54, 1.807) is 6.92 Å². The smallest absolute Gasteiger partial charge is 0.151 e. The van der Waals surface area contributed by atoms with Gasteiger partial charge in [0.25, 0.3) is 0 Å². The van der Waals surface area contributed by atoms with Crippen molar-refractivity contribution in [3.8, 4) is 0 Å². The van der Waals surface area contributed by atoms with Crippen molar-refractivity contribution in [1.29, 1.82) is 0 Å². The molecule has 0 spiro atoms. The fraction of sp³-hybridized carbons (Fsp3) is 1.00. The molecule has 4 nitrogen and oxygen atoms in total. The lowest BCUT2D eigenvalue weighted by atomic mass is 9.95. The van der Waals surface area contributed by atoms with E-state index in [4.69, 9.17) is 0 Å². The molecule has 0 radical (unpaired) electrons. The van der Waals surface area contributed by atoms with Gasteiger partial charge in [-0.1, -0.05) is 34.6 Å². The van der Waals surface area contributed by atoms with Crippen LogP contribution in [0.1, 0.15) is 41.0 Å².